The smallest absolute Gasteiger partial charge is 0.305 e. The van der Waals surface area contributed by atoms with Crippen molar-refractivity contribution < 1.29 is 24.9 Å². The molecule has 1 fully saturated rings. The van der Waals surface area contributed by atoms with Crippen LogP contribution in [0, 0.1) is 11.8 Å². The predicted molar refractivity (Wildman–Crippen MR) is 132 cm³/mol. The Kier molecular flexibility index (Phi) is 13.1. The molecule has 0 bridgehead atoms. The summed E-state index contributed by atoms with van der Waals surface area (Å²) in [4.78, 5) is 11.6. The lowest BCUT2D eigenvalue weighted by Gasteiger charge is -2.19. The van der Waals surface area contributed by atoms with Crippen LogP contribution in [-0.2, 0) is 16.0 Å². The lowest BCUT2D eigenvalue weighted by Crippen LogP contribution is -2.20. The topological polar surface area (TPSA) is 87.0 Å². The number of aliphatic hydroxyl groups excluding tert-OH is 3. The van der Waals surface area contributed by atoms with E-state index in [0.29, 0.717) is 32.3 Å². The molecule has 0 spiro atoms. The van der Waals surface area contributed by atoms with Gasteiger partial charge in [-0.15, -0.1) is 0 Å². The molecule has 3 N–H and O–H groups in total. The summed E-state index contributed by atoms with van der Waals surface area (Å²) in [6, 6.07) is 10.2. The van der Waals surface area contributed by atoms with Crippen molar-refractivity contribution in [3.8, 4) is 0 Å². The summed E-state index contributed by atoms with van der Waals surface area (Å²) in [5, 5.41) is 31.1. The van der Waals surface area contributed by atoms with Gasteiger partial charge in [-0.3, -0.25) is 4.79 Å². The number of hydrogen-bond acceptors (Lipinski definition) is 5. The summed E-state index contributed by atoms with van der Waals surface area (Å²) in [7, 11) is 0. The Balaban J connectivity index is 1.70. The maximum atomic E-state index is 11.6. The number of rotatable bonds is 15. The first kappa shape index (κ1) is 27.3. The van der Waals surface area contributed by atoms with Crippen molar-refractivity contribution in [1.82, 2.24) is 0 Å². The summed E-state index contributed by atoms with van der Waals surface area (Å²) in [5.74, 6) is -0.372. The maximum Gasteiger partial charge on any atom is 0.305 e. The molecule has 0 saturated heterocycles. The Morgan fingerprint density at radius 3 is 2.67 bits per heavy atom. The van der Waals surface area contributed by atoms with Crippen molar-refractivity contribution in [2.45, 2.75) is 89.4 Å². The fraction of sp³-hybridized carbons (Fsp3) is 0.607. The van der Waals surface area contributed by atoms with E-state index in [2.05, 4.69) is 19.1 Å². The quantitative estimate of drug-likeness (QED) is 0.201. The molecule has 1 aromatic rings. The summed E-state index contributed by atoms with van der Waals surface area (Å²) >= 11 is 0. The predicted octanol–water partition coefficient (Wildman–Crippen LogP) is 4.74. The Morgan fingerprint density at radius 2 is 1.91 bits per heavy atom. The Morgan fingerprint density at radius 1 is 1.12 bits per heavy atom. The van der Waals surface area contributed by atoms with Crippen molar-refractivity contribution in [2.75, 3.05) is 6.61 Å². The SMILES string of the molecule is CCCCOC(=O)CCC/C=C\C[C@@H]1C(/C=C/[C@@H](O)CCCc2ccccc2)[C@H](O)C[C@@H]1O. The number of esters is 1. The van der Waals surface area contributed by atoms with Gasteiger partial charge in [0.15, 0.2) is 0 Å². The molecule has 1 saturated carbocycles. The number of carbonyl (C=O) groups is 1. The van der Waals surface area contributed by atoms with Gasteiger partial charge in [0.25, 0.3) is 0 Å². The van der Waals surface area contributed by atoms with Crippen LogP contribution in [-0.4, -0.2) is 46.2 Å². The minimum absolute atomic E-state index is 0.0666. The molecule has 2 rings (SSSR count). The van der Waals surface area contributed by atoms with E-state index in [1.807, 2.05) is 36.4 Å². The molecule has 5 atom stereocenters. The molecule has 1 aromatic carbocycles. The average molecular weight is 459 g/mol. The number of ether oxygens (including phenoxy) is 1. The van der Waals surface area contributed by atoms with E-state index >= 15 is 0 Å². The van der Waals surface area contributed by atoms with E-state index in [-0.39, 0.29) is 17.8 Å². The monoisotopic (exact) mass is 458 g/mol. The zero-order valence-electron chi connectivity index (χ0n) is 20.0. The number of unbranched alkanes of at least 4 members (excludes halogenated alkanes) is 2. The fourth-order valence-corrected chi connectivity index (χ4v) is 4.36. The van der Waals surface area contributed by atoms with Gasteiger partial charge >= 0.3 is 5.97 Å². The van der Waals surface area contributed by atoms with E-state index < -0.39 is 18.3 Å². The van der Waals surface area contributed by atoms with E-state index in [1.165, 1.54) is 5.56 Å². The summed E-state index contributed by atoms with van der Waals surface area (Å²) in [6.07, 6.45) is 13.4. The molecule has 0 heterocycles. The van der Waals surface area contributed by atoms with Crippen LogP contribution in [0.25, 0.3) is 0 Å². The van der Waals surface area contributed by atoms with E-state index in [0.717, 1.165) is 38.5 Å². The highest BCUT2D eigenvalue weighted by Gasteiger charge is 2.39. The van der Waals surface area contributed by atoms with Gasteiger partial charge in [0, 0.05) is 18.8 Å². The van der Waals surface area contributed by atoms with E-state index in [9.17, 15) is 20.1 Å². The van der Waals surface area contributed by atoms with Crippen molar-refractivity contribution in [3.05, 3.63) is 60.2 Å². The second-order valence-corrected chi connectivity index (χ2v) is 9.12. The van der Waals surface area contributed by atoms with Crippen LogP contribution in [0.4, 0.5) is 0 Å². The molecule has 1 aliphatic rings. The number of carbonyl (C=O) groups excluding carboxylic acids is 1. The third kappa shape index (κ3) is 10.7. The standard InChI is InChI=1S/C28H42O5/c1-2-3-20-33-28(32)17-10-5-4-9-16-24-25(27(31)21-26(24)30)19-18-23(29)15-11-14-22-12-7-6-8-13-22/h4,6-9,12-13,18-19,23-27,29-31H,2-3,5,10-11,14-17,20-21H2,1H3/b9-4-,19-18+/t23-,24+,25?,26-,27+/m0/s1. The van der Waals surface area contributed by atoms with Crippen molar-refractivity contribution in [1.29, 1.82) is 0 Å². The first-order chi connectivity index (χ1) is 16.0. The summed E-state index contributed by atoms with van der Waals surface area (Å²) in [6.45, 7) is 2.57. The number of aryl methyl sites for hydroxylation is 1. The minimum Gasteiger partial charge on any atom is -0.466 e. The second-order valence-electron chi connectivity index (χ2n) is 9.12. The number of benzene rings is 1. The molecule has 184 valence electrons. The molecule has 5 nitrogen and oxygen atoms in total. The zero-order valence-corrected chi connectivity index (χ0v) is 20.0. The highest BCUT2D eigenvalue weighted by molar-refractivity contribution is 5.69. The van der Waals surface area contributed by atoms with Gasteiger partial charge in [0.1, 0.15) is 0 Å². The van der Waals surface area contributed by atoms with Gasteiger partial charge in [0.05, 0.1) is 24.9 Å². The van der Waals surface area contributed by atoms with Gasteiger partial charge < -0.3 is 20.1 Å². The average Bonchev–Trinajstić information content (AvgIpc) is 3.07. The second kappa shape index (κ2) is 15.8. The van der Waals surface area contributed by atoms with Crippen molar-refractivity contribution >= 4 is 5.97 Å². The first-order valence-corrected chi connectivity index (χ1v) is 12.6. The molecule has 0 aromatic heterocycles. The maximum absolute atomic E-state index is 11.6. The van der Waals surface area contributed by atoms with Gasteiger partial charge in [-0.2, -0.15) is 0 Å². The first-order valence-electron chi connectivity index (χ1n) is 12.6. The van der Waals surface area contributed by atoms with E-state index in [1.54, 1.807) is 6.08 Å². The van der Waals surface area contributed by atoms with Crippen molar-refractivity contribution in [3.63, 3.8) is 0 Å². The van der Waals surface area contributed by atoms with Gasteiger partial charge in [0.2, 0.25) is 0 Å². The Hall–Kier alpha value is -1.95. The Labute approximate surface area is 199 Å². The fourth-order valence-electron chi connectivity index (χ4n) is 4.36. The minimum atomic E-state index is -0.593. The molecule has 5 heteroatoms. The molecular weight excluding hydrogens is 416 g/mol. The van der Waals surface area contributed by atoms with Crippen LogP contribution in [0.15, 0.2) is 54.6 Å². The zero-order chi connectivity index (χ0) is 23.9. The number of aliphatic hydroxyl groups is 3. The summed E-state index contributed by atoms with van der Waals surface area (Å²) in [5.41, 5.74) is 1.27. The van der Waals surface area contributed by atoms with Crippen LogP contribution >= 0.6 is 0 Å². The molecule has 0 amide bonds. The third-order valence-corrected chi connectivity index (χ3v) is 6.37. The molecule has 0 radical (unpaired) electrons. The largest absolute Gasteiger partial charge is 0.466 e. The normalized spacial score (nSPS) is 24.0. The Bertz CT molecular complexity index is 714. The highest BCUT2D eigenvalue weighted by atomic mass is 16.5. The molecule has 1 unspecified atom stereocenters. The van der Waals surface area contributed by atoms with Gasteiger partial charge in [-0.25, -0.2) is 0 Å². The van der Waals surface area contributed by atoms with Crippen LogP contribution in [0.1, 0.15) is 70.3 Å². The third-order valence-electron chi connectivity index (χ3n) is 6.37. The van der Waals surface area contributed by atoms with Crippen LogP contribution in [0.3, 0.4) is 0 Å². The van der Waals surface area contributed by atoms with Gasteiger partial charge in [-0.05, 0) is 56.4 Å². The number of hydrogen-bond donors (Lipinski definition) is 3. The lowest BCUT2D eigenvalue weighted by atomic mass is 9.89. The van der Waals surface area contributed by atoms with Gasteiger partial charge in [-0.1, -0.05) is 68.0 Å². The lowest BCUT2D eigenvalue weighted by molar-refractivity contribution is -0.143. The molecule has 33 heavy (non-hydrogen) atoms. The van der Waals surface area contributed by atoms with E-state index in [4.69, 9.17) is 4.74 Å². The number of allylic oxidation sites excluding steroid dienone is 2. The van der Waals surface area contributed by atoms with Crippen LogP contribution < -0.4 is 0 Å². The molecular formula is C28H42O5. The van der Waals surface area contributed by atoms with Crippen LogP contribution in [0.2, 0.25) is 0 Å². The van der Waals surface area contributed by atoms with Crippen LogP contribution in [0.5, 0.6) is 0 Å². The highest BCUT2D eigenvalue weighted by Crippen LogP contribution is 2.36. The van der Waals surface area contributed by atoms with Crippen molar-refractivity contribution in [2.24, 2.45) is 11.8 Å². The molecule has 1 aliphatic carbocycles. The summed E-state index contributed by atoms with van der Waals surface area (Å²) < 4.78 is 5.15. The molecule has 0 aliphatic heterocycles.